The van der Waals surface area contributed by atoms with E-state index in [1.54, 1.807) is 65.8 Å². The number of rotatable bonds is 21. The zero-order chi connectivity index (χ0) is 39.5. The fraction of sp³-hybridized carbons (Fsp3) is 0.590. The van der Waals surface area contributed by atoms with Gasteiger partial charge in [-0.05, 0) is 57.6 Å². The Balaban J connectivity index is 1.69. The molecule has 0 unspecified atom stereocenters. The van der Waals surface area contributed by atoms with Gasteiger partial charge >= 0.3 is 5.97 Å². The average Bonchev–Trinajstić information content (AvgIpc) is 3.57. The summed E-state index contributed by atoms with van der Waals surface area (Å²) >= 11 is 0. The second-order valence-electron chi connectivity index (χ2n) is 15.1. The predicted octanol–water partition coefficient (Wildman–Crippen LogP) is 2.58. The molecule has 1 saturated heterocycles. The summed E-state index contributed by atoms with van der Waals surface area (Å²) in [5.74, 6) is -4.82. The number of benzene rings is 1. The van der Waals surface area contributed by atoms with Gasteiger partial charge in [-0.25, -0.2) is 0 Å². The third kappa shape index (κ3) is 12.4. The van der Waals surface area contributed by atoms with E-state index in [9.17, 15) is 38.4 Å². The number of carbonyl (C=O) groups excluding carboxylic acids is 8. The molecular formula is C39H54N4O10. The van der Waals surface area contributed by atoms with Crippen LogP contribution in [0.1, 0.15) is 91.2 Å². The van der Waals surface area contributed by atoms with E-state index in [-0.39, 0.29) is 69.5 Å². The first-order valence-electron chi connectivity index (χ1n) is 18.2. The monoisotopic (exact) mass is 738 g/mol. The maximum absolute atomic E-state index is 13.8. The molecule has 53 heavy (non-hydrogen) atoms. The molecule has 1 aromatic carbocycles. The Hall–Kier alpha value is -4.72. The molecule has 2 heterocycles. The van der Waals surface area contributed by atoms with E-state index < -0.39 is 64.8 Å². The number of amides is 5. The van der Waals surface area contributed by atoms with E-state index in [0.717, 1.165) is 22.6 Å². The fourth-order valence-electron chi connectivity index (χ4n) is 6.23. The summed E-state index contributed by atoms with van der Waals surface area (Å²) in [6, 6.07) is 4.53. The molecule has 14 nitrogen and oxygen atoms in total. The van der Waals surface area contributed by atoms with Crippen molar-refractivity contribution >= 4 is 47.1 Å². The minimum Gasteiger partial charge on any atom is -0.460 e. The van der Waals surface area contributed by atoms with Crippen molar-refractivity contribution in [3.8, 4) is 0 Å². The van der Waals surface area contributed by atoms with Crippen molar-refractivity contribution in [3.63, 3.8) is 0 Å². The number of imide groups is 1. The number of esters is 1. The number of nitrogens with two attached hydrogens (primary N) is 1. The van der Waals surface area contributed by atoms with Crippen LogP contribution in [0.5, 0.6) is 0 Å². The minimum absolute atomic E-state index is 0.00506. The van der Waals surface area contributed by atoms with Crippen molar-refractivity contribution < 1.29 is 47.8 Å². The summed E-state index contributed by atoms with van der Waals surface area (Å²) in [6.45, 7) is 10.9. The van der Waals surface area contributed by atoms with Gasteiger partial charge in [-0.2, -0.15) is 0 Å². The van der Waals surface area contributed by atoms with Crippen LogP contribution in [-0.2, 0) is 60.9 Å². The summed E-state index contributed by atoms with van der Waals surface area (Å²) in [7, 11) is 0. The van der Waals surface area contributed by atoms with Gasteiger partial charge < -0.3 is 25.4 Å². The summed E-state index contributed by atoms with van der Waals surface area (Å²) in [5, 5.41) is 2.86. The van der Waals surface area contributed by atoms with Crippen LogP contribution in [0.2, 0.25) is 0 Å². The van der Waals surface area contributed by atoms with E-state index in [1.165, 1.54) is 4.90 Å². The van der Waals surface area contributed by atoms with E-state index >= 15 is 0 Å². The molecular weight excluding hydrogens is 684 g/mol. The highest BCUT2D eigenvalue weighted by molar-refractivity contribution is 6.15. The van der Waals surface area contributed by atoms with Crippen LogP contribution >= 0.6 is 0 Å². The highest BCUT2D eigenvalue weighted by Gasteiger charge is 2.47. The molecule has 0 radical (unpaired) electrons. The van der Waals surface area contributed by atoms with Gasteiger partial charge in [0.1, 0.15) is 12.6 Å². The fourth-order valence-corrected chi connectivity index (χ4v) is 6.23. The van der Waals surface area contributed by atoms with Crippen LogP contribution in [0, 0.1) is 17.3 Å². The van der Waals surface area contributed by atoms with Gasteiger partial charge in [0, 0.05) is 50.4 Å². The maximum Gasteiger partial charge on any atom is 0.311 e. The Morgan fingerprint density at radius 2 is 1.58 bits per heavy atom. The van der Waals surface area contributed by atoms with Crippen LogP contribution in [-0.4, -0.2) is 94.8 Å². The molecule has 0 aromatic heterocycles. The van der Waals surface area contributed by atoms with Gasteiger partial charge in [0.05, 0.1) is 30.7 Å². The van der Waals surface area contributed by atoms with Crippen molar-refractivity contribution in [2.45, 2.75) is 111 Å². The standard InChI is InChI=1S/C39H54N4O10/c1-7-52-23-27-19-31(43-34(47)16-17-35(43)48)37(50)42(27)21-28(44)20-29(24(2)3)36(49)41-30(10-8-9-11-33(40)46)32(45)18-25-12-14-26(15-13-25)22-53-38(51)39(4,5)6/h12-17,24,27,29-31H,7-11,18-23H2,1-6H3,(H2,40,46)(H,41,49)/t27-,29-,30-,31-/m0/s1. The molecule has 14 heteroatoms. The molecule has 1 fully saturated rings. The van der Waals surface area contributed by atoms with Gasteiger partial charge in [-0.3, -0.25) is 43.3 Å². The van der Waals surface area contributed by atoms with Crippen LogP contribution < -0.4 is 11.1 Å². The number of Topliss-reactive ketones (excluding diaryl/α,β-unsaturated/α-hetero) is 2. The molecule has 0 saturated carbocycles. The quantitative estimate of drug-likeness (QED) is 0.107. The lowest BCUT2D eigenvalue weighted by Gasteiger charge is -2.27. The molecule has 0 spiro atoms. The smallest absolute Gasteiger partial charge is 0.311 e. The summed E-state index contributed by atoms with van der Waals surface area (Å²) in [4.78, 5) is 105. The zero-order valence-electron chi connectivity index (χ0n) is 31.7. The number of nitrogens with one attached hydrogen (secondary N) is 1. The van der Waals surface area contributed by atoms with Gasteiger partial charge in [0.2, 0.25) is 17.7 Å². The molecule has 5 amide bonds. The first-order valence-corrected chi connectivity index (χ1v) is 18.2. The lowest BCUT2D eigenvalue weighted by atomic mass is 9.88. The van der Waals surface area contributed by atoms with Gasteiger partial charge in [-0.1, -0.05) is 44.5 Å². The third-order valence-corrected chi connectivity index (χ3v) is 9.36. The highest BCUT2D eigenvalue weighted by atomic mass is 16.5. The van der Waals surface area contributed by atoms with Crippen molar-refractivity contribution in [1.82, 2.24) is 15.1 Å². The number of likely N-dealkylation sites (tertiary alicyclic amines) is 1. The molecule has 4 atom stereocenters. The van der Waals surface area contributed by atoms with E-state index in [0.29, 0.717) is 25.0 Å². The first-order chi connectivity index (χ1) is 24.9. The summed E-state index contributed by atoms with van der Waals surface area (Å²) in [6.07, 6.45) is 3.38. The number of nitrogens with zero attached hydrogens (tertiary/aromatic N) is 2. The zero-order valence-corrected chi connectivity index (χ0v) is 31.7. The van der Waals surface area contributed by atoms with E-state index in [4.69, 9.17) is 15.2 Å². The topological polar surface area (TPSA) is 200 Å². The maximum atomic E-state index is 13.8. The number of ether oxygens (including phenoxy) is 2. The third-order valence-electron chi connectivity index (χ3n) is 9.36. The van der Waals surface area contributed by atoms with Gasteiger partial charge in [0.25, 0.3) is 11.8 Å². The predicted molar refractivity (Wildman–Crippen MR) is 193 cm³/mol. The normalized spacial score (nSPS) is 18.4. The number of hydrogen-bond acceptors (Lipinski definition) is 10. The molecule has 290 valence electrons. The lowest BCUT2D eigenvalue weighted by Crippen LogP contribution is -2.48. The number of unbranched alkanes of at least 4 members (excludes halogenated alkanes) is 1. The summed E-state index contributed by atoms with van der Waals surface area (Å²) < 4.78 is 10.9. The molecule has 3 rings (SSSR count). The molecule has 3 N–H and O–H groups in total. The first kappa shape index (κ1) is 42.7. The average molecular weight is 739 g/mol. The van der Waals surface area contributed by atoms with Crippen molar-refractivity contribution in [3.05, 3.63) is 47.5 Å². The number of primary amides is 1. The second kappa shape index (κ2) is 19.4. The molecule has 1 aromatic rings. The van der Waals surface area contributed by atoms with Gasteiger partial charge in [-0.15, -0.1) is 0 Å². The lowest BCUT2D eigenvalue weighted by molar-refractivity contribution is -0.154. The molecule has 0 bridgehead atoms. The number of carbonyl (C=O) groups is 8. The second-order valence-corrected chi connectivity index (χ2v) is 15.1. The summed E-state index contributed by atoms with van der Waals surface area (Å²) in [5.41, 5.74) is 6.10. The number of hydrogen-bond donors (Lipinski definition) is 2. The largest absolute Gasteiger partial charge is 0.460 e. The SMILES string of the molecule is CCOC[C@@H]1C[C@H](N2C(=O)C=CC2=O)C(=O)N1CC(=O)C[C@H](C(=O)N[C@@H](CCCCC(N)=O)C(=O)Cc1ccc(COC(=O)C(C)(C)C)cc1)C(C)C. The number of ketones is 2. The minimum atomic E-state index is -1.06. The van der Waals surface area contributed by atoms with Gasteiger partial charge in [0.15, 0.2) is 11.6 Å². The highest BCUT2D eigenvalue weighted by Crippen LogP contribution is 2.27. The van der Waals surface area contributed by atoms with Crippen LogP contribution in [0.4, 0.5) is 0 Å². The Morgan fingerprint density at radius 1 is 0.962 bits per heavy atom. The van der Waals surface area contributed by atoms with Crippen LogP contribution in [0.25, 0.3) is 0 Å². The Labute approximate surface area is 311 Å². The van der Waals surface area contributed by atoms with Crippen molar-refractivity contribution in [2.75, 3.05) is 19.8 Å². The van der Waals surface area contributed by atoms with E-state index in [1.807, 2.05) is 0 Å². The molecule has 0 aliphatic carbocycles. The van der Waals surface area contributed by atoms with Crippen molar-refractivity contribution in [1.29, 1.82) is 0 Å². The Bertz CT molecular complexity index is 1540. The Kier molecular flexibility index (Phi) is 15.6. The van der Waals surface area contributed by atoms with Crippen LogP contribution in [0.15, 0.2) is 36.4 Å². The molecule has 2 aliphatic heterocycles. The molecule has 2 aliphatic rings. The van der Waals surface area contributed by atoms with Crippen molar-refractivity contribution in [2.24, 2.45) is 23.0 Å². The van der Waals surface area contributed by atoms with Crippen LogP contribution in [0.3, 0.4) is 0 Å². The Morgan fingerprint density at radius 3 is 2.15 bits per heavy atom. The van der Waals surface area contributed by atoms with E-state index in [2.05, 4.69) is 5.32 Å².